The number of rotatable bonds is 4. The zero-order valence-electron chi connectivity index (χ0n) is 13.7. The van der Waals surface area contributed by atoms with E-state index in [1.165, 1.54) is 12.1 Å². The lowest BCUT2D eigenvalue weighted by Gasteiger charge is -2.31. The van der Waals surface area contributed by atoms with Crippen molar-refractivity contribution in [2.75, 3.05) is 19.7 Å². The van der Waals surface area contributed by atoms with E-state index in [1.54, 1.807) is 24.0 Å². The number of carbonyl (C=O) groups is 1. The molecule has 134 valence electrons. The molecule has 24 heavy (non-hydrogen) atoms. The third kappa shape index (κ3) is 6.50. The fourth-order valence-corrected chi connectivity index (χ4v) is 2.49. The molecular formula is C16H24FIN4O2. The zero-order valence-corrected chi connectivity index (χ0v) is 16.0. The molecule has 0 unspecified atom stereocenters. The number of guanidine groups is 1. The molecule has 0 atom stereocenters. The monoisotopic (exact) mass is 450 g/mol. The number of aliphatic imine (C=N–C) groups is 1. The summed E-state index contributed by atoms with van der Waals surface area (Å²) in [5, 5.41) is 3.15. The molecule has 1 saturated heterocycles. The number of nitrogens with one attached hydrogen (secondary N) is 1. The number of benzene rings is 1. The van der Waals surface area contributed by atoms with E-state index in [9.17, 15) is 9.18 Å². The van der Waals surface area contributed by atoms with Crippen LogP contribution in [0.3, 0.4) is 0 Å². The average molecular weight is 450 g/mol. The van der Waals surface area contributed by atoms with E-state index >= 15 is 0 Å². The lowest BCUT2D eigenvalue weighted by molar-refractivity contribution is 0.0963. The molecule has 1 aliphatic rings. The van der Waals surface area contributed by atoms with Crippen molar-refractivity contribution >= 4 is 36.0 Å². The molecule has 0 radical (unpaired) electrons. The lowest BCUT2D eigenvalue weighted by atomic mass is 10.1. The first-order valence-corrected chi connectivity index (χ1v) is 7.81. The van der Waals surface area contributed by atoms with Gasteiger partial charge in [-0.2, -0.15) is 0 Å². The van der Waals surface area contributed by atoms with Crippen molar-refractivity contribution in [3.8, 4) is 0 Å². The quantitative estimate of drug-likeness (QED) is 0.420. The van der Waals surface area contributed by atoms with E-state index in [-0.39, 0.29) is 41.9 Å². The number of amides is 1. The first-order chi connectivity index (χ1) is 11.1. The number of hydrogen-bond acceptors (Lipinski definition) is 3. The van der Waals surface area contributed by atoms with Crippen LogP contribution in [0.5, 0.6) is 0 Å². The molecule has 0 spiro atoms. The Labute approximate surface area is 158 Å². The van der Waals surface area contributed by atoms with Crippen LogP contribution in [0, 0.1) is 5.82 Å². The zero-order chi connectivity index (χ0) is 16.7. The number of halogens is 2. The van der Waals surface area contributed by atoms with Crippen LogP contribution in [-0.2, 0) is 11.3 Å². The van der Waals surface area contributed by atoms with Gasteiger partial charge < -0.3 is 20.7 Å². The van der Waals surface area contributed by atoms with Crippen LogP contribution < -0.4 is 11.1 Å². The van der Waals surface area contributed by atoms with Crippen molar-refractivity contribution < 1.29 is 13.9 Å². The van der Waals surface area contributed by atoms with E-state index in [4.69, 9.17) is 10.5 Å². The van der Waals surface area contributed by atoms with Gasteiger partial charge in [0, 0.05) is 19.1 Å². The SMILES string of the molecule is CCOC(=O)N1CCC(NC(N)=NCc2cccc(F)c2)CC1.I. The predicted molar refractivity (Wildman–Crippen MR) is 102 cm³/mol. The van der Waals surface area contributed by atoms with Gasteiger partial charge >= 0.3 is 6.09 Å². The Bertz CT molecular complexity index is 563. The Kier molecular flexibility index (Phi) is 8.80. The van der Waals surface area contributed by atoms with Crippen LogP contribution >= 0.6 is 24.0 Å². The molecule has 6 nitrogen and oxygen atoms in total. The van der Waals surface area contributed by atoms with E-state index in [1.807, 2.05) is 0 Å². The summed E-state index contributed by atoms with van der Waals surface area (Å²) < 4.78 is 18.1. The molecular weight excluding hydrogens is 426 g/mol. The number of nitrogens with two attached hydrogens (primary N) is 1. The molecule has 1 aromatic carbocycles. The fourth-order valence-electron chi connectivity index (χ4n) is 2.49. The largest absolute Gasteiger partial charge is 0.450 e. The standard InChI is InChI=1S/C16H23FN4O2.HI/c1-2-23-16(22)21-8-6-14(7-9-21)20-15(18)19-11-12-4-3-5-13(17)10-12;/h3-5,10,14H,2,6-9,11H2,1H3,(H3,18,19,20);1H. The third-order valence-electron chi connectivity index (χ3n) is 3.69. The number of likely N-dealkylation sites (tertiary alicyclic amines) is 1. The van der Waals surface area contributed by atoms with Crippen LogP contribution in [0.4, 0.5) is 9.18 Å². The summed E-state index contributed by atoms with van der Waals surface area (Å²) >= 11 is 0. The molecule has 3 N–H and O–H groups in total. The molecule has 1 heterocycles. The van der Waals surface area contributed by atoms with Crippen LogP contribution in [0.25, 0.3) is 0 Å². The number of hydrogen-bond donors (Lipinski definition) is 2. The highest BCUT2D eigenvalue weighted by Gasteiger charge is 2.23. The Morgan fingerprint density at radius 1 is 1.46 bits per heavy atom. The van der Waals surface area contributed by atoms with Crippen LogP contribution in [0.1, 0.15) is 25.3 Å². The van der Waals surface area contributed by atoms with Crippen molar-refractivity contribution in [1.82, 2.24) is 10.2 Å². The molecule has 2 rings (SSSR count). The second-order valence-electron chi connectivity index (χ2n) is 5.44. The van der Waals surface area contributed by atoms with E-state index in [2.05, 4.69) is 10.3 Å². The summed E-state index contributed by atoms with van der Waals surface area (Å²) in [7, 11) is 0. The highest BCUT2D eigenvalue weighted by Crippen LogP contribution is 2.11. The molecule has 1 amide bonds. The minimum atomic E-state index is -0.282. The van der Waals surface area contributed by atoms with E-state index in [0.29, 0.717) is 32.2 Å². The molecule has 1 fully saturated rings. The molecule has 1 aliphatic heterocycles. The van der Waals surface area contributed by atoms with E-state index in [0.717, 1.165) is 18.4 Å². The van der Waals surface area contributed by atoms with Crippen molar-refractivity contribution in [1.29, 1.82) is 0 Å². The van der Waals surface area contributed by atoms with Gasteiger partial charge in [0.2, 0.25) is 0 Å². The van der Waals surface area contributed by atoms with Gasteiger partial charge in [0.05, 0.1) is 13.2 Å². The number of nitrogens with zero attached hydrogens (tertiary/aromatic N) is 2. The molecule has 0 aliphatic carbocycles. The lowest BCUT2D eigenvalue weighted by Crippen LogP contribution is -2.48. The Morgan fingerprint density at radius 3 is 2.79 bits per heavy atom. The van der Waals surface area contributed by atoms with Gasteiger partial charge in [0.1, 0.15) is 5.82 Å². The maximum Gasteiger partial charge on any atom is 0.409 e. The first kappa shape index (κ1) is 20.5. The van der Waals surface area contributed by atoms with Crippen molar-refractivity contribution in [2.24, 2.45) is 10.7 Å². The number of ether oxygens (including phenoxy) is 1. The van der Waals surface area contributed by atoms with Gasteiger partial charge in [-0.15, -0.1) is 24.0 Å². The average Bonchev–Trinajstić information content (AvgIpc) is 2.54. The summed E-state index contributed by atoms with van der Waals surface area (Å²) in [6.45, 7) is 3.78. The maximum absolute atomic E-state index is 13.1. The Hall–Kier alpha value is -1.58. The van der Waals surface area contributed by atoms with E-state index < -0.39 is 0 Å². The summed E-state index contributed by atoms with van der Waals surface area (Å²) in [5.41, 5.74) is 6.64. The van der Waals surface area contributed by atoms with Gasteiger partial charge in [0.25, 0.3) is 0 Å². The molecule has 0 aromatic heterocycles. The van der Waals surface area contributed by atoms with Gasteiger partial charge in [-0.3, -0.25) is 0 Å². The van der Waals surface area contributed by atoms with Gasteiger partial charge in [0.15, 0.2) is 5.96 Å². The maximum atomic E-state index is 13.1. The highest BCUT2D eigenvalue weighted by molar-refractivity contribution is 14.0. The Balaban J connectivity index is 0.00000288. The van der Waals surface area contributed by atoms with Crippen molar-refractivity contribution in [2.45, 2.75) is 32.4 Å². The van der Waals surface area contributed by atoms with Gasteiger partial charge in [-0.25, -0.2) is 14.2 Å². The highest BCUT2D eigenvalue weighted by atomic mass is 127. The number of piperidine rings is 1. The van der Waals surface area contributed by atoms with Crippen molar-refractivity contribution in [3.63, 3.8) is 0 Å². The van der Waals surface area contributed by atoms with Crippen LogP contribution in [0.15, 0.2) is 29.3 Å². The minimum Gasteiger partial charge on any atom is -0.450 e. The molecule has 1 aromatic rings. The predicted octanol–water partition coefficient (Wildman–Crippen LogP) is 2.47. The van der Waals surface area contributed by atoms with Crippen molar-refractivity contribution in [3.05, 3.63) is 35.6 Å². The van der Waals surface area contributed by atoms with Gasteiger partial charge in [-0.05, 0) is 37.5 Å². The number of carbonyl (C=O) groups excluding carboxylic acids is 1. The topological polar surface area (TPSA) is 80.0 Å². The summed E-state index contributed by atoms with van der Waals surface area (Å²) in [6.07, 6.45) is 1.31. The Morgan fingerprint density at radius 2 is 2.17 bits per heavy atom. The molecule has 0 bridgehead atoms. The molecule has 8 heteroatoms. The molecule has 0 saturated carbocycles. The fraction of sp³-hybridized carbons (Fsp3) is 0.500. The van der Waals surface area contributed by atoms with Crippen LogP contribution in [0.2, 0.25) is 0 Å². The van der Waals surface area contributed by atoms with Gasteiger partial charge in [-0.1, -0.05) is 12.1 Å². The summed E-state index contributed by atoms with van der Waals surface area (Å²) in [4.78, 5) is 17.5. The second-order valence-corrected chi connectivity index (χ2v) is 5.44. The smallest absolute Gasteiger partial charge is 0.409 e. The summed E-state index contributed by atoms with van der Waals surface area (Å²) in [5.74, 6) is 0.0550. The van der Waals surface area contributed by atoms with Crippen LogP contribution in [-0.4, -0.2) is 42.7 Å². The normalized spacial score (nSPS) is 15.6. The first-order valence-electron chi connectivity index (χ1n) is 7.81. The second kappa shape index (κ2) is 10.3. The minimum absolute atomic E-state index is 0. The third-order valence-corrected chi connectivity index (χ3v) is 3.69. The summed E-state index contributed by atoms with van der Waals surface area (Å²) in [6, 6.07) is 6.46.